The van der Waals surface area contributed by atoms with Crippen molar-refractivity contribution in [1.82, 2.24) is 15.3 Å². The Bertz CT molecular complexity index is 879. The van der Waals surface area contributed by atoms with Crippen LogP contribution in [0.25, 0.3) is 10.2 Å². The van der Waals surface area contributed by atoms with Crippen LogP contribution >= 0.6 is 11.3 Å². The first-order chi connectivity index (χ1) is 11.2. The van der Waals surface area contributed by atoms with Gasteiger partial charge in [0.25, 0.3) is 5.56 Å². The van der Waals surface area contributed by atoms with Gasteiger partial charge in [0.05, 0.1) is 24.2 Å². The van der Waals surface area contributed by atoms with E-state index in [2.05, 4.69) is 15.3 Å². The Labute approximate surface area is 137 Å². The van der Waals surface area contributed by atoms with Gasteiger partial charge in [-0.25, -0.2) is 4.98 Å². The summed E-state index contributed by atoms with van der Waals surface area (Å²) >= 11 is 1.68. The van der Waals surface area contributed by atoms with Crippen LogP contribution in [0.1, 0.15) is 47.8 Å². The van der Waals surface area contributed by atoms with Crippen molar-refractivity contribution in [3.05, 3.63) is 50.8 Å². The molecule has 120 valence electrons. The predicted octanol–water partition coefficient (Wildman–Crippen LogP) is 3.31. The fraction of sp³-hybridized carbons (Fsp3) is 0.412. The number of H-pyrrole nitrogens is 1. The minimum absolute atomic E-state index is 0.00292. The van der Waals surface area contributed by atoms with Gasteiger partial charge in [-0.05, 0) is 50.3 Å². The van der Waals surface area contributed by atoms with Gasteiger partial charge in [0.1, 0.15) is 16.4 Å². The van der Waals surface area contributed by atoms with Crippen molar-refractivity contribution in [2.24, 2.45) is 0 Å². The normalized spacial score (nSPS) is 15.7. The van der Waals surface area contributed by atoms with Crippen LogP contribution in [-0.2, 0) is 19.4 Å². The van der Waals surface area contributed by atoms with Gasteiger partial charge in [0.2, 0.25) is 0 Å². The fourth-order valence-electron chi connectivity index (χ4n) is 3.18. The molecular formula is C17H19N3O2S. The third kappa shape index (κ3) is 2.72. The number of aromatic amines is 1. The lowest BCUT2D eigenvalue weighted by molar-refractivity contribution is 0.427. The van der Waals surface area contributed by atoms with Gasteiger partial charge in [0, 0.05) is 4.88 Å². The van der Waals surface area contributed by atoms with Crippen LogP contribution in [0.2, 0.25) is 0 Å². The molecule has 1 aliphatic carbocycles. The van der Waals surface area contributed by atoms with Gasteiger partial charge in [-0.15, -0.1) is 11.3 Å². The average molecular weight is 329 g/mol. The van der Waals surface area contributed by atoms with E-state index in [1.54, 1.807) is 17.6 Å². The number of nitrogens with one attached hydrogen (secondary N) is 2. The Balaban J connectivity index is 1.60. The van der Waals surface area contributed by atoms with Crippen LogP contribution in [-0.4, -0.2) is 9.97 Å². The largest absolute Gasteiger partial charge is 0.468 e. The van der Waals surface area contributed by atoms with Gasteiger partial charge in [-0.3, -0.25) is 4.79 Å². The summed E-state index contributed by atoms with van der Waals surface area (Å²) in [7, 11) is 0. The van der Waals surface area contributed by atoms with E-state index in [0.717, 1.165) is 28.8 Å². The number of hydrogen-bond donors (Lipinski definition) is 2. The van der Waals surface area contributed by atoms with Crippen molar-refractivity contribution in [2.45, 2.75) is 45.2 Å². The number of fused-ring (bicyclic) bond motifs is 3. The summed E-state index contributed by atoms with van der Waals surface area (Å²) in [6, 6.07) is 3.88. The van der Waals surface area contributed by atoms with Crippen molar-refractivity contribution in [2.75, 3.05) is 0 Å². The van der Waals surface area contributed by atoms with Gasteiger partial charge in [0.15, 0.2) is 0 Å². The Morgan fingerprint density at radius 3 is 3.13 bits per heavy atom. The summed E-state index contributed by atoms with van der Waals surface area (Å²) in [5, 5.41) is 4.15. The molecule has 6 heteroatoms. The number of hydrogen-bond acceptors (Lipinski definition) is 5. The van der Waals surface area contributed by atoms with E-state index < -0.39 is 0 Å². The molecule has 0 aliphatic heterocycles. The summed E-state index contributed by atoms with van der Waals surface area (Å²) in [4.78, 5) is 22.3. The maximum Gasteiger partial charge on any atom is 0.259 e. The molecule has 0 aromatic carbocycles. The summed E-state index contributed by atoms with van der Waals surface area (Å²) < 4.78 is 5.38. The molecule has 0 spiro atoms. The van der Waals surface area contributed by atoms with Crippen LogP contribution in [0.15, 0.2) is 27.6 Å². The summed E-state index contributed by atoms with van der Waals surface area (Å²) in [6.07, 6.45) is 6.14. The first-order valence-electron chi connectivity index (χ1n) is 8.02. The molecule has 0 fully saturated rings. The molecular weight excluding hydrogens is 310 g/mol. The number of furan rings is 1. The van der Waals surface area contributed by atoms with Crippen molar-refractivity contribution in [3.8, 4) is 0 Å². The highest BCUT2D eigenvalue weighted by Gasteiger charge is 2.19. The van der Waals surface area contributed by atoms with Crippen LogP contribution in [0, 0.1) is 0 Å². The lowest BCUT2D eigenvalue weighted by Crippen LogP contribution is -2.22. The van der Waals surface area contributed by atoms with E-state index in [-0.39, 0.29) is 11.6 Å². The predicted molar refractivity (Wildman–Crippen MR) is 90.8 cm³/mol. The first kappa shape index (κ1) is 14.7. The molecule has 4 rings (SSSR count). The second kappa shape index (κ2) is 5.94. The topological polar surface area (TPSA) is 70.9 Å². The highest BCUT2D eigenvalue weighted by atomic mass is 32.1. The van der Waals surface area contributed by atoms with E-state index in [1.165, 1.54) is 23.3 Å². The molecule has 0 unspecified atom stereocenters. The van der Waals surface area contributed by atoms with E-state index >= 15 is 0 Å². The number of thiophene rings is 1. The monoisotopic (exact) mass is 329 g/mol. The van der Waals surface area contributed by atoms with E-state index in [9.17, 15) is 4.79 Å². The Kier molecular flexibility index (Phi) is 3.79. The standard InChI is InChI=1S/C17H19N3O2S/c1-10(12-6-4-8-22-12)18-9-14-19-16(21)15-11-5-2-3-7-13(11)23-17(15)20-14/h4,6,8,10,18H,2-3,5,7,9H2,1H3,(H,19,20,21)/t10-/m0/s1. The SMILES string of the molecule is C[C@H](NCc1nc2sc3c(c2c(=O)[nH]1)CCCC3)c1ccco1. The van der Waals surface area contributed by atoms with E-state index in [1.807, 2.05) is 19.1 Å². The third-order valence-corrected chi connectivity index (χ3v) is 5.61. The highest BCUT2D eigenvalue weighted by Crippen LogP contribution is 2.33. The molecule has 0 bridgehead atoms. The summed E-state index contributed by atoms with van der Waals surface area (Å²) in [6.45, 7) is 2.54. The molecule has 0 saturated heterocycles. The molecule has 2 N–H and O–H groups in total. The fourth-order valence-corrected chi connectivity index (χ4v) is 4.46. The molecule has 1 aliphatic rings. The Morgan fingerprint density at radius 2 is 2.30 bits per heavy atom. The van der Waals surface area contributed by atoms with Crippen molar-refractivity contribution in [3.63, 3.8) is 0 Å². The second-order valence-electron chi connectivity index (χ2n) is 6.02. The van der Waals surface area contributed by atoms with Crippen molar-refractivity contribution < 1.29 is 4.42 Å². The van der Waals surface area contributed by atoms with Crippen LogP contribution in [0.3, 0.4) is 0 Å². The second-order valence-corrected chi connectivity index (χ2v) is 7.11. The molecule has 3 heterocycles. The smallest absolute Gasteiger partial charge is 0.259 e. The van der Waals surface area contributed by atoms with Gasteiger partial charge in [-0.2, -0.15) is 0 Å². The van der Waals surface area contributed by atoms with Gasteiger partial charge < -0.3 is 14.7 Å². The molecule has 5 nitrogen and oxygen atoms in total. The lowest BCUT2D eigenvalue weighted by atomic mass is 9.97. The minimum Gasteiger partial charge on any atom is -0.468 e. The summed E-state index contributed by atoms with van der Waals surface area (Å²) in [5.41, 5.74) is 1.23. The van der Waals surface area contributed by atoms with E-state index in [4.69, 9.17) is 4.42 Å². The minimum atomic E-state index is -0.00292. The van der Waals surface area contributed by atoms with Crippen LogP contribution < -0.4 is 10.9 Å². The van der Waals surface area contributed by atoms with E-state index in [0.29, 0.717) is 12.4 Å². The molecule has 3 aromatic heterocycles. The average Bonchev–Trinajstić information content (AvgIpc) is 3.19. The van der Waals surface area contributed by atoms with Crippen molar-refractivity contribution >= 4 is 21.6 Å². The molecule has 23 heavy (non-hydrogen) atoms. The third-order valence-electron chi connectivity index (χ3n) is 4.42. The maximum absolute atomic E-state index is 12.5. The van der Waals surface area contributed by atoms with Crippen molar-refractivity contribution in [1.29, 1.82) is 0 Å². The molecule has 0 amide bonds. The van der Waals surface area contributed by atoms with Gasteiger partial charge in [-0.1, -0.05) is 0 Å². The van der Waals surface area contributed by atoms with Crippen LogP contribution in [0.4, 0.5) is 0 Å². The Morgan fingerprint density at radius 1 is 1.43 bits per heavy atom. The number of nitrogens with zero attached hydrogens (tertiary/aromatic N) is 1. The quantitative estimate of drug-likeness (QED) is 0.770. The molecule has 1 atom stereocenters. The maximum atomic E-state index is 12.5. The zero-order valence-electron chi connectivity index (χ0n) is 13.0. The number of rotatable bonds is 4. The Hall–Kier alpha value is -1.92. The molecule has 3 aromatic rings. The first-order valence-corrected chi connectivity index (χ1v) is 8.84. The number of aryl methyl sites for hydroxylation is 2. The highest BCUT2D eigenvalue weighted by molar-refractivity contribution is 7.18. The molecule has 0 radical (unpaired) electrons. The summed E-state index contributed by atoms with van der Waals surface area (Å²) in [5.74, 6) is 1.56. The number of aromatic nitrogens is 2. The van der Waals surface area contributed by atoms with Crippen LogP contribution in [0.5, 0.6) is 0 Å². The lowest BCUT2D eigenvalue weighted by Gasteiger charge is -2.11. The zero-order valence-corrected chi connectivity index (χ0v) is 13.8. The van der Waals surface area contributed by atoms with Gasteiger partial charge >= 0.3 is 0 Å². The zero-order chi connectivity index (χ0) is 15.8. The molecule has 0 saturated carbocycles.